The fourth-order valence-electron chi connectivity index (χ4n) is 5.33. The van der Waals surface area contributed by atoms with Gasteiger partial charge in [0.2, 0.25) is 11.8 Å². The fraction of sp³-hybridized carbons (Fsp3) is 0.375. The van der Waals surface area contributed by atoms with Crippen LogP contribution in [-0.4, -0.2) is 43.8 Å². The van der Waals surface area contributed by atoms with Crippen molar-refractivity contribution < 1.29 is 18.0 Å². The van der Waals surface area contributed by atoms with Crippen LogP contribution in [0.3, 0.4) is 0 Å². The summed E-state index contributed by atoms with van der Waals surface area (Å²) in [6, 6.07) is 21.5. The Hall–Kier alpha value is -3.36. The van der Waals surface area contributed by atoms with Crippen molar-refractivity contribution in [1.29, 1.82) is 0 Å². The Morgan fingerprint density at radius 3 is 2.27 bits per heavy atom. The van der Waals surface area contributed by atoms with Crippen LogP contribution < -0.4 is 9.62 Å². The molecule has 0 aliphatic heterocycles. The van der Waals surface area contributed by atoms with Crippen molar-refractivity contribution in [2.45, 2.75) is 75.9 Å². The van der Waals surface area contributed by atoms with Crippen LogP contribution in [0.15, 0.2) is 83.8 Å². The van der Waals surface area contributed by atoms with Crippen molar-refractivity contribution in [1.82, 2.24) is 10.2 Å². The van der Waals surface area contributed by atoms with Crippen LogP contribution >= 0.6 is 11.6 Å². The van der Waals surface area contributed by atoms with Gasteiger partial charge < -0.3 is 10.2 Å². The fourth-order valence-corrected chi connectivity index (χ4v) is 6.87. The summed E-state index contributed by atoms with van der Waals surface area (Å²) in [6.45, 7) is 3.56. The third-order valence-corrected chi connectivity index (χ3v) is 9.54. The lowest BCUT2D eigenvalue weighted by molar-refractivity contribution is -0.140. The first kappa shape index (κ1) is 30.6. The molecule has 0 aromatic heterocycles. The predicted molar refractivity (Wildman–Crippen MR) is 163 cm³/mol. The molecule has 218 valence electrons. The van der Waals surface area contributed by atoms with Gasteiger partial charge in [-0.2, -0.15) is 0 Å². The highest BCUT2D eigenvalue weighted by atomic mass is 35.5. The molecule has 1 fully saturated rings. The number of halogens is 1. The molecule has 0 heterocycles. The molecule has 41 heavy (non-hydrogen) atoms. The summed E-state index contributed by atoms with van der Waals surface area (Å²) in [5.74, 6) is -0.661. The SMILES string of the molecule is CC[C@@H](C(=O)NC1CCCCC1)N(Cc1cccc(C)c1)C(=O)CN(c1ccccc1)S(=O)(=O)c1ccc(Cl)cc1. The topological polar surface area (TPSA) is 86.8 Å². The number of nitrogens with one attached hydrogen (secondary N) is 1. The largest absolute Gasteiger partial charge is 0.352 e. The number of hydrogen-bond donors (Lipinski definition) is 1. The number of rotatable bonds is 11. The Bertz CT molecular complexity index is 1420. The van der Waals surface area contributed by atoms with E-state index in [0.29, 0.717) is 17.1 Å². The standard InChI is InChI=1S/C32H38ClN3O4S/c1-3-30(32(38)34-27-13-6-4-7-14-27)35(22-25-12-10-11-24(2)21-25)31(37)23-36(28-15-8-5-9-16-28)41(39,40)29-19-17-26(33)18-20-29/h5,8-12,15-21,27,30H,3-4,6-7,13-14,22-23H2,1-2H3,(H,34,38)/t30-/m0/s1. The quantitative estimate of drug-likeness (QED) is 0.290. The van der Waals surface area contributed by atoms with Gasteiger partial charge in [-0.05, 0) is 68.1 Å². The number of benzene rings is 3. The molecule has 3 aromatic rings. The van der Waals surface area contributed by atoms with Crippen LogP contribution in [-0.2, 0) is 26.2 Å². The van der Waals surface area contributed by atoms with E-state index in [9.17, 15) is 18.0 Å². The summed E-state index contributed by atoms with van der Waals surface area (Å²) in [6.07, 6.45) is 5.55. The average molecular weight is 596 g/mol. The summed E-state index contributed by atoms with van der Waals surface area (Å²) in [5, 5.41) is 3.58. The number of aryl methyl sites for hydroxylation is 1. The van der Waals surface area contributed by atoms with E-state index in [1.807, 2.05) is 38.1 Å². The molecule has 1 saturated carbocycles. The van der Waals surface area contributed by atoms with Crippen LogP contribution in [0.2, 0.25) is 5.02 Å². The van der Waals surface area contributed by atoms with Gasteiger partial charge in [0.05, 0.1) is 10.6 Å². The van der Waals surface area contributed by atoms with Gasteiger partial charge in [0, 0.05) is 17.6 Å². The second kappa shape index (κ2) is 14.0. The molecule has 1 aliphatic rings. The first-order chi connectivity index (χ1) is 19.7. The Morgan fingerprint density at radius 2 is 1.63 bits per heavy atom. The van der Waals surface area contributed by atoms with Crippen molar-refractivity contribution in [3.05, 3.63) is 95.0 Å². The molecule has 4 rings (SSSR count). The molecule has 0 radical (unpaired) electrons. The highest BCUT2D eigenvalue weighted by molar-refractivity contribution is 7.92. The first-order valence-electron chi connectivity index (χ1n) is 14.2. The van der Waals surface area contributed by atoms with E-state index in [1.54, 1.807) is 30.3 Å². The lowest BCUT2D eigenvalue weighted by Gasteiger charge is -2.34. The molecule has 9 heteroatoms. The van der Waals surface area contributed by atoms with Gasteiger partial charge >= 0.3 is 0 Å². The Balaban J connectivity index is 1.68. The molecular weight excluding hydrogens is 558 g/mol. The summed E-state index contributed by atoms with van der Waals surface area (Å²) in [7, 11) is -4.13. The van der Waals surface area contributed by atoms with Gasteiger partial charge in [-0.3, -0.25) is 13.9 Å². The van der Waals surface area contributed by atoms with Gasteiger partial charge in [0.15, 0.2) is 0 Å². The van der Waals surface area contributed by atoms with Crippen LogP contribution in [0, 0.1) is 6.92 Å². The van der Waals surface area contributed by atoms with Gasteiger partial charge in [-0.25, -0.2) is 8.42 Å². The summed E-state index contributed by atoms with van der Waals surface area (Å²) in [5.41, 5.74) is 2.26. The number of carbonyl (C=O) groups excluding carboxylic acids is 2. The average Bonchev–Trinajstić information content (AvgIpc) is 2.97. The maximum atomic E-state index is 14.2. The lowest BCUT2D eigenvalue weighted by Crippen LogP contribution is -2.54. The molecule has 7 nitrogen and oxygen atoms in total. The Kier molecular flexibility index (Phi) is 10.5. The van der Waals surface area contributed by atoms with Crippen molar-refractivity contribution >= 4 is 39.1 Å². The number of nitrogens with zero attached hydrogens (tertiary/aromatic N) is 2. The van der Waals surface area contributed by atoms with Crippen molar-refractivity contribution in [2.24, 2.45) is 0 Å². The minimum absolute atomic E-state index is 0.0193. The maximum absolute atomic E-state index is 14.2. The zero-order chi connectivity index (χ0) is 29.4. The number of sulfonamides is 1. The molecule has 1 aliphatic carbocycles. The van der Waals surface area contributed by atoms with Crippen LogP contribution in [0.5, 0.6) is 0 Å². The Morgan fingerprint density at radius 1 is 0.951 bits per heavy atom. The summed E-state index contributed by atoms with van der Waals surface area (Å²) >= 11 is 6.02. The number of carbonyl (C=O) groups is 2. The molecular formula is C32H38ClN3O4S. The smallest absolute Gasteiger partial charge is 0.264 e. The van der Waals surface area contributed by atoms with Crippen molar-refractivity contribution in [3.63, 3.8) is 0 Å². The van der Waals surface area contributed by atoms with Crippen LogP contribution in [0.4, 0.5) is 5.69 Å². The Labute approximate surface area is 248 Å². The van der Waals surface area contributed by atoms with E-state index < -0.39 is 28.5 Å². The molecule has 0 saturated heterocycles. The monoisotopic (exact) mass is 595 g/mol. The highest BCUT2D eigenvalue weighted by Crippen LogP contribution is 2.26. The van der Waals surface area contributed by atoms with Crippen LogP contribution in [0.25, 0.3) is 0 Å². The van der Waals surface area contributed by atoms with E-state index in [1.165, 1.54) is 35.6 Å². The molecule has 0 bridgehead atoms. The van der Waals surface area contributed by atoms with Gasteiger partial charge in [-0.1, -0.05) is 85.8 Å². The van der Waals surface area contributed by atoms with Gasteiger partial charge in [-0.15, -0.1) is 0 Å². The molecule has 0 unspecified atom stereocenters. The molecule has 2 amide bonds. The second-order valence-electron chi connectivity index (χ2n) is 10.6. The third-order valence-electron chi connectivity index (χ3n) is 7.50. The van der Waals surface area contributed by atoms with Crippen LogP contribution in [0.1, 0.15) is 56.6 Å². The molecule has 0 spiro atoms. The predicted octanol–water partition coefficient (Wildman–Crippen LogP) is 6.10. The van der Waals surface area contributed by atoms with Crippen molar-refractivity contribution in [2.75, 3.05) is 10.8 Å². The molecule has 1 atom stereocenters. The first-order valence-corrected chi connectivity index (χ1v) is 16.0. The van der Waals surface area contributed by atoms with Gasteiger partial charge in [0.25, 0.3) is 10.0 Å². The van der Waals surface area contributed by atoms with Crippen molar-refractivity contribution in [3.8, 4) is 0 Å². The zero-order valence-electron chi connectivity index (χ0n) is 23.6. The number of anilines is 1. The number of para-hydroxylation sites is 1. The second-order valence-corrected chi connectivity index (χ2v) is 12.9. The minimum Gasteiger partial charge on any atom is -0.352 e. The third kappa shape index (κ3) is 7.89. The lowest BCUT2D eigenvalue weighted by atomic mass is 9.95. The van der Waals surface area contributed by atoms with E-state index in [0.717, 1.165) is 41.1 Å². The molecule has 3 aromatic carbocycles. The van der Waals surface area contributed by atoms with E-state index in [-0.39, 0.29) is 23.4 Å². The normalized spacial score (nSPS) is 14.7. The maximum Gasteiger partial charge on any atom is 0.264 e. The highest BCUT2D eigenvalue weighted by Gasteiger charge is 2.34. The minimum atomic E-state index is -4.13. The number of amides is 2. The zero-order valence-corrected chi connectivity index (χ0v) is 25.2. The summed E-state index contributed by atoms with van der Waals surface area (Å²) < 4.78 is 28.9. The van der Waals surface area contributed by atoms with E-state index >= 15 is 0 Å². The van der Waals surface area contributed by atoms with Gasteiger partial charge in [0.1, 0.15) is 12.6 Å². The molecule has 1 N–H and O–H groups in total. The van der Waals surface area contributed by atoms with E-state index in [4.69, 9.17) is 11.6 Å². The van der Waals surface area contributed by atoms with E-state index in [2.05, 4.69) is 5.32 Å². The number of hydrogen-bond acceptors (Lipinski definition) is 4. The summed E-state index contributed by atoms with van der Waals surface area (Å²) in [4.78, 5) is 29.3.